The summed E-state index contributed by atoms with van der Waals surface area (Å²) in [5.74, 6) is 0. The van der Waals surface area contributed by atoms with Crippen molar-refractivity contribution in [1.29, 1.82) is 0 Å². The third kappa shape index (κ3) is 5.23. The van der Waals surface area contributed by atoms with Crippen LogP contribution in [0.5, 0.6) is 0 Å². The van der Waals surface area contributed by atoms with Crippen molar-refractivity contribution in [2.45, 2.75) is 18.5 Å². The monoisotopic (exact) mass is 728 g/mol. The van der Waals surface area contributed by atoms with E-state index in [4.69, 9.17) is 0 Å². The van der Waals surface area contributed by atoms with Crippen LogP contribution in [0.3, 0.4) is 0 Å². The van der Waals surface area contributed by atoms with Gasteiger partial charge in [-0.05, 0) is 28.3 Å². The summed E-state index contributed by atoms with van der Waals surface area (Å²) in [5.41, 5.74) is -8.97. The maximum atomic E-state index is 14.2. The quantitative estimate of drug-likeness (QED) is 0.103. The first-order valence-corrected chi connectivity index (χ1v) is 10.8. The summed E-state index contributed by atoms with van der Waals surface area (Å²) >= 11 is 0. The molecule has 12 heteroatoms. The summed E-state index contributed by atoms with van der Waals surface area (Å²) in [6.07, 6.45) is -17.5. The Kier molecular flexibility index (Phi) is 7.24. The molecule has 0 saturated heterocycles. The second-order valence-electron chi connectivity index (χ2n) is 8.32. The zero-order chi connectivity index (χ0) is 27.5. The number of halogens is 9. The van der Waals surface area contributed by atoms with E-state index in [-0.39, 0.29) is 42.6 Å². The molecule has 1 aromatic heterocycles. The molecule has 0 atom stereocenters. The predicted octanol–water partition coefficient (Wildman–Crippen LogP) is 8.97. The second-order valence-corrected chi connectivity index (χ2v) is 8.32. The fourth-order valence-corrected chi connectivity index (χ4v) is 4.40. The van der Waals surface area contributed by atoms with Crippen LogP contribution in [0.4, 0.5) is 39.5 Å². The minimum absolute atomic E-state index is 0. The summed E-state index contributed by atoms with van der Waals surface area (Å²) in [6.45, 7) is 0. The van der Waals surface area contributed by atoms with E-state index in [0.717, 1.165) is 0 Å². The molecule has 0 aliphatic heterocycles. The zero-order valence-corrected chi connectivity index (χ0v) is 21.5. The van der Waals surface area contributed by atoms with Gasteiger partial charge in [0.25, 0.3) is 0 Å². The van der Waals surface area contributed by atoms with Crippen LogP contribution < -0.4 is 0 Å². The van der Waals surface area contributed by atoms with E-state index in [1.54, 1.807) is 54.6 Å². The van der Waals surface area contributed by atoms with Gasteiger partial charge < -0.3 is 0 Å². The van der Waals surface area contributed by atoms with E-state index >= 15 is 0 Å². The molecule has 1 heterocycles. The molecule has 2 nitrogen and oxygen atoms in total. The van der Waals surface area contributed by atoms with Crippen molar-refractivity contribution in [3.63, 3.8) is 0 Å². The Bertz CT molecular complexity index is 1680. The molecule has 4 aromatic carbocycles. The van der Waals surface area contributed by atoms with Gasteiger partial charge in [-0.1, -0.05) is 36.4 Å². The van der Waals surface area contributed by atoms with E-state index < -0.39 is 46.5 Å². The first kappa shape index (κ1) is 28.5. The Morgan fingerprint density at radius 2 is 1.10 bits per heavy atom. The van der Waals surface area contributed by atoms with E-state index in [0.29, 0.717) is 22.4 Å². The predicted molar refractivity (Wildman–Crippen MR) is 122 cm³/mol. The molecular weight excluding hydrogens is 716 g/mol. The number of rotatable bonds is 2. The van der Waals surface area contributed by atoms with Crippen molar-refractivity contribution in [3.05, 3.63) is 95.6 Å². The van der Waals surface area contributed by atoms with Crippen LogP contribution in [0, 0.1) is 6.07 Å². The first-order valence-electron chi connectivity index (χ1n) is 10.8. The second kappa shape index (κ2) is 9.91. The van der Waals surface area contributed by atoms with E-state index in [9.17, 15) is 39.5 Å². The third-order valence-electron chi connectivity index (χ3n) is 5.94. The van der Waals surface area contributed by atoms with E-state index in [1.165, 1.54) is 6.07 Å². The number of benzene rings is 4. The molecule has 0 bridgehead atoms. The molecule has 0 N–H and O–H groups in total. The van der Waals surface area contributed by atoms with Crippen molar-refractivity contribution >= 4 is 21.5 Å². The van der Waals surface area contributed by atoms with Crippen molar-refractivity contribution in [3.8, 4) is 22.5 Å². The molecular formula is C27H12F9IrN2-. The summed E-state index contributed by atoms with van der Waals surface area (Å²) in [4.78, 5) is 0. The Balaban J connectivity index is 0.00000353. The topological polar surface area (TPSA) is 25.8 Å². The smallest absolute Gasteiger partial charge is 0.200 e. The minimum Gasteiger partial charge on any atom is -0.200 e. The number of hydrogen-bond acceptors (Lipinski definition) is 2. The summed E-state index contributed by atoms with van der Waals surface area (Å²) in [5, 5.41) is 9.21. The van der Waals surface area contributed by atoms with Crippen molar-refractivity contribution < 1.29 is 59.6 Å². The molecule has 0 spiro atoms. The molecule has 0 amide bonds. The summed E-state index contributed by atoms with van der Waals surface area (Å²) < 4.78 is 124. The largest absolute Gasteiger partial charge is 0.417 e. The maximum Gasteiger partial charge on any atom is 0.417 e. The average molecular weight is 728 g/mol. The molecule has 203 valence electrons. The maximum absolute atomic E-state index is 14.2. The molecule has 0 fully saturated rings. The number of nitrogens with zero attached hydrogens (tertiary/aromatic N) is 2. The molecule has 5 aromatic rings. The van der Waals surface area contributed by atoms with Crippen LogP contribution in [0.15, 0.2) is 72.8 Å². The van der Waals surface area contributed by atoms with Gasteiger partial charge in [0.05, 0.1) is 22.4 Å². The van der Waals surface area contributed by atoms with Crippen LogP contribution in [-0.4, -0.2) is 10.2 Å². The fourth-order valence-electron chi connectivity index (χ4n) is 4.40. The number of fused-ring (bicyclic) bond motifs is 2. The Morgan fingerprint density at radius 1 is 0.564 bits per heavy atom. The van der Waals surface area contributed by atoms with Gasteiger partial charge >= 0.3 is 18.5 Å². The van der Waals surface area contributed by atoms with Crippen LogP contribution in [0.1, 0.15) is 16.7 Å². The number of aromatic nitrogens is 2. The van der Waals surface area contributed by atoms with Gasteiger partial charge in [-0.3, -0.25) is 0 Å². The van der Waals surface area contributed by atoms with Crippen LogP contribution in [0.2, 0.25) is 0 Å². The zero-order valence-electron chi connectivity index (χ0n) is 19.1. The van der Waals surface area contributed by atoms with Gasteiger partial charge in [0.2, 0.25) is 0 Å². The minimum atomic E-state index is -5.97. The average Bonchev–Trinajstić information content (AvgIpc) is 2.85. The van der Waals surface area contributed by atoms with Crippen LogP contribution in [-0.2, 0) is 38.6 Å². The van der Waals surface area contributed by atoms with Gasteiger partial charge in [-0.25, -0.2) is 0 Å². The van der Waals surface area contributed by atoms with Gasteiger partial charge in [0.15, 0.2) is 0 Å². The fraction of sp³-hybridized carbons (Fsp3) is 0.111. The molecule has 5 rings (SSSR count). The first-order chi connectivity index (χ1) is 17.8. The van der Waals surface area contributed by atoms with Gasteiger partial charge in [0.1, 0.15) is 0 Å². The Hall–Kier alpha value is -3.50. The van der Waals surface area contributed by atoms with Crippen LogP contribution in [0.25, 0.3) is 44.1 Å². The van der Waals surface area contributed by atoms with Crippen LogP contribution >= 0.6 is 0 Å². The molecule has 0 aliphatic rings. The SMILES string of the molecule is FC(F)(F)c1ccc(-c2nnc(-c3[c-]cccc3)c3cc4ccccc4cc23)c(C(F)(F)F)c1C(F)(F)F.[Ir]. The standard InChI is InChI=1S/C27H12F9N2.Ir/c28-25(29,30)20-11-10-17(21(26(31,32)33)22(20)27(34,35)36)24-19-13-16-9-5-4-8-15(16)12-18(19)23(37-38-24)14-6-2-1-3-7-14;/h1-6,8-13H;/q-1;. The Morgan fingerprint density at radius 3 is 1.62 bits per heavy atom. The molecule has 39 heavy (non-hydrogen) atoms. The molecule has 0 saturated carbocycles. The van der Waals surface area contributed by atoms with Gasteiger partial charge in [-0.2, -0.15) is 49.7 Å². The normalized spacial score (nSPS) is 12.5. The van der Waals surface area contributed by atoms with Gasteiger partial charge in [0, 0.05) is 36.7 Å². The van der Waals surface area contributed by atoms with Crippen molar-refractivity contribution in [2.75, 3.05) is 0 Å². The van der Waals surface area contributed by atoms with Crippen molar-refractivity contribution in [2.24, 2.45) is 0 Å². The van der Waals surface area contributed by atoms with Gasteiger partial charge in [-0.15, -0.1) is 35.9 Å². The Labute approximate surface area is 227 Å². The summed E-state index contributed by atoms with van der Waals surface area (Å²) in [7, 11) is 0. The summed E-state index contributed by atoms with van der Waals surface area (Å²) in [6, 6.07) is 19.5. The van der Waals surface area contributed by atoms with E-state index in [2.05, 4.69) is 16.3 Å². The molecule has 1 radical (unpaired) electrons. The molecule has 0 aliphatic carbocycles. The third-order valence-corrected chi connectivity index (χ3v) is 5.94. The number of hydrogen-bond donors (Lipinski definition) is 0. The molecule has 0 unspecified atom stereocenters. The van der Waals surface area contributed by atoms with E-state index in [1.807, 2.05) is 0 Å². The van der Waals surface area contributed by atoms with Crippen molar-refractivity contribution in [1.82, 2.24) is 10.2 Å². The number of alkyl halides is 9.